The highest BCUT2D eigenvalue weighted by atomic mass is 79.9. The zero-order valence-electron chi connectivity index (χ0n) is 23.0. The lowest BCUT2D eigenvalue weighted by Crippen LogP contribution is -2.09. The molecule has 2 heteroatoms. The molecular weight excluding hydrogens is 574 g/mol. The first kappa shape index (κ1) is 26.0. The van der Waals surface area contributed by atoms with Crippen LogP contribution in [0.25, 0.3) is 44.2 Å². The standard InChI is InChI=1S/C40H28BrN/c41-40-16-8-14-38-37(13-7-15-39(38)40)33-21-27-36(28-22-33)42(34-23-17-31(18-24-34)29-9-3-1-4-10-29)35-25-19-32(20-26-35)30-11-5-2-6-12-30/h1-28H. The molecule has 7 aromatic carbocycles. The lowest BCUT2D eigenvalue weighted by atomic mass is 9.98. The smallest absolute Gasteiger partial charge is 0.0462 e. The fourth-order valence-corrected chi connectivity index (χ4v) is 6.13. The number of nitrogens with zero attached hydrogens (tertiary/aromatic N) is 1. The third-order valence-electron chi connectivity index (χ3n) is 7.77. The Morgan fingerprint density at radius 2 is 0.714 bits per heavy atom. The van der Waals surface area contributed by atoms with Crippen LogP contribution >= 0.6 is 15.9 Å². The van der Waals surface area contributed by atoms with Gasteiger partial charge in [0.15, 0.2) is 0 Å². The molecular formula is C40H28BrN. The molecule has 0 unspecified atom stereocenters. The topological polar surface area (TPSA) is 3.24 Å². The van der Waals surface area contributed by atoms with Crippen molar-refractivity contribution in [1.82, 2.24) is 0 Å². The predicted molar refractivity (Wildman–Crippen MR) is 183 cm³/mol. The molecule has 0 saturated carbocycles. The van der Waals surface area contributed by atoms with E-state index < -0.39 is 0 Å². The van der Waals surface area contributed by atoms with Gasteiger partial charge in [-0.25, -0.2) is 0 Å². The van der Waals surface area contributed by atoms with Gasteiger partial charge in [-0.3, -0.25) is 0 Å². The van der Waals surface area contributed by atoms with Crippen LogP contribution < -0.4 is 4.90 Å². The molecule has 0 heterocycles. The molecule has 0 saturated heterocycles. The number of hydrogen-bond donors (Lipinski definition) is 0. The van der Waals surface area contributed by atoms with E-state index in [1.807, 2.05) is 0 Å². The van der Waals surface area contributed by atoms with Crippen molar-refractivity contribution in [2.75, 3.05) is 4.90 Å². The van der Waals surface area contributed by atoms with Gasteiger partial charge in [-0.05, 0) is 86.6 Å². The van der Waals surface area contributed by atoms with Gasteiger partial charge in [0.1, 0.15) is 0 Å². The summed E-state index contributed by atoms with van der Waals surface area (Å²) in [5.41, 5.74) is 10.6. The number of halogens is 1. The van der Waals surface area contributed by atoms with Crippen molar-refractivity contribution in [1.29, 1.82) is 0 Å². The van der Waals surface area contributed by atoms with Crippen LogP contribution in [0, 0.1) is 0 Å². The quantitative estimate of drug-likeness (QED) is 0.183. The third-order valence-corrected chi connectivity index (χ3v) is 8.46. The minimum atomic E-state index is 1.11. The second-order valence-corrected chi connectivity index (χ2v) is 11.2. The van der Waals surface area contributed by atoms with E-state index >= 15 is 0 Å². The van der Waals surface area contributed by atoms with Gasteiger partial charge in [0, 0.05) is 21.5 Å². The summed E-state index contributed by atoms with van der Waals surface area (Å²) in [5.74, 6) is 0. The SMILES string of the molecule is Brc1cccc2c(-c3ccc(N(c4ccc(-c5ccccc5)cc4)c4ccc(-c5ccccc5)cc4)cc3)cccc12. The number of rotatable bonds is 6. The first-order chi connectivity index (χ1) is 20.7. The molecule has 42 heavy (non-hydrogen) atoms. The Balaban J connectivity index is 1.29. The van der Waals surface area contributed by atoms with Crippen molar-refractivity contribution in [3.63, 3.8) is 0 Å². The van der Waals surface area contributed by atoms with E-state index in [1.54, 1.807) is 0 Å². The van der Waals surface area contributed by atoms with Crippen LogP contribution in [0.2, 0.25) is 0 Å². The Morgan fingerprint density at radius 1 is 0.310 bits per heavy atom. The lowest BCUT2D eigenvalue weighted by Gasteiger charge is -2.26. The molecule has 0 fully saturated rings. The maximum atomic E-state index is 3.72. The second-order valence-electron chi connectivity index (χ2n) is 10.3. The van der Waals surface area contributed by atoms with Crippen LogP contribution in [0.1, 0.15) is 0 Å². The summed E-state index contributed by atoms with van der Waals surface area (Å²) < 4.78 is 1.11. The van der Waals surface area contributed by atoms with E-state index in [0.29, 0.717) is 0 Å². The normalized spacial score (nSPS) is 11.0. The number of hydrogen-bond acceptors (Lipinski definition) is 1. The monoisotopic (exact) mass is 601 g/mol. The summed E-state index contributed by atoms with van der Waals surface area (Å²) in [6.45, 7) is 0. The molecule has 1 nitrogen and oxygen atoms in total. The Kier molecular flexibility index (Phi) is 7.13. The highest BCUT2D eigenvalue weighted by Crippen LogP contribution is 2.39. The average Bonchev–Trinajstić information content (AvgIpc) is 3.07. The van der Waals surface area contributed by atoms with Gasteiger partial charge in [-0.15, -0.1) is 0 Å². The zero-order valence-corrected chi connectivity index (χ0v) is 24.6. The van der Waals surface area contributed by atoms with Gasteiger partial charge in [-0.1, -0.05) is 143 Å². The molecule has 0 bridgehead atoms. The summed E-state index contributed by atoms with van der Waals surface area (Å²) in [5, 5.41) is 2.46. The van der Waals surface area contributed by atoms with Crippen LogP contribution in [-0.2, 0) is 0 Å². The zero-order chi connectivity index (χ0) is 28.3. The van der Waals surface area contributed by atoms with Crippen LogP contribution in [0.4, 0.5) is 17.1 Å². The molecule has 0 aliphatic rings. The largest absolute Gasteiger partial charge is 0.311 e. The predicted octanol–water partition coefficient (Wildman–Crippen LogP) is 12.1. The summed E-state index contributed by atoms with van der Waals surface area (Å²) in [7, 11) is 0. The van der Waals surface area contributed by atoms with E-state index in [2.05, 4.69) is 191 Å². The fraction of sp³-hybridized carbons (Fsp3) is 0. The van der Waals surface area contributed by atoms with Crippen molar-refractivity contribution >= 4 is 43.8 Å². The maximum Gasteiger partial charge on any atom is 0.0462 e. The van der Waals surface area contributed by atoms with Gasteiger partial charge in [0.05, 0.1) is 0 Å². The molecule has 200 valence electrons. The molecule has 0 radical (unpaired) electrons. The molecule has 7 aromatic rings. The molecule has 0 amide bonds. The van der Waals surface area contributed by atoms with Crippen molar-refractivity contribution in [2.24, 2.45) is 0 Å². The lowest BCUT2D eigenvalue weighted by molar-refractivity contribution is 1.28. The van der Waals surface area contributed by atoms with E-state index in [0.717, 1.165) is 21.5 Å². The first-order valence-corrected chi connectivity index (χ1v) is 14.9. The van der Waals surface area contributed by atoms with Gasteiger partial charge >= 0.3 is 0 Å². The minimum absolute atomic E-state index is 1.11. The van der Waals surface area contributed by atoms with Crippen molar-refractivity contribution in [3.8, 4) is 33.4 Å². The van der Waals surface area contributed by atoms with Crippen LogP contribution in [-0.4, -0.2) is 0 Å². The van der Waals surface area contributed by atoms with Crippen molar-refractivity contribution in [2.45, 2.75) is 0 Å². The molecule has 0 spiro atoms. The Hall–Kier alpha value is -4.92. The highest BCUT2D eigenvalue weighted by Gasteiger charge is 2.14. The molecule has 0 N–H and O–H groups in total. The van der Waals surface area contributed by atoms with Gasteiger partial charge in [0.25, 0.3) is 0 Å². The molecule has 0 aliphatic heterocycles. The summed E-state index contributed by atoms with van der Waals surface area (Å²) in [6, 6.07) is 60.5. The Labute approximate surface area is 255 Å². The molecule has 0 atom stereocenters. The van der Waals surface area contributed by atoms with Crippen LogP contribution in [0.3, 0.4) is 0 Å². The van der Waals surface area contributed by atoms with Crippen LogP contribution in [0.15, 0.2) is 174 Å². The number of benzene rings is 7. The average molecular weight is 603 g/mol. The van der Waals surface area contributed by atoms with Crippen LogP contribution in [0.5, 0.6) is 0 Å². The summed E-state index contributed by atoms with van der Waals surface area (Å²) >= 11 is 3.72. The van der Waals surface area contributed by atoms with E-state index in [9.17, 15) is 0 Å². The number of fused-ring (bicyclic) bond motifs is 1. The van der Waals surface area contributed by atoms with Gasteiger partial charge < -0.3 is 4.90 Å². The third kappa shape index (κ3) is 5.13. The van der Waals surface area contributed by atoms with E-state index in [4.69, 9.17) is 0 Å². The maximum absolute atomic E-state index is 3.72. The van der Waals surface area contributed by atoms with Crippen molar-refractivity contribution < 1.29 is 0 Å². The van der Waals surface area contributed by atoms with E-state index in [-0.39, 0.29) is 0 Å². The first-order valence-electron chi connectivity index (χ1n) is 14.1. The van der Waals surface area contributed by atoms with Gasteiger partial charge in [-0.2, -0.15) is 0 Å². The van der Waals surface area contributed by atoms with E-state index in [1.165, 1.54) is 44.2 Å². The number of anilines is 3. The van der Waals surface area contributed by atoms with Crippen molar-refractivity contribution in [3.05, 3.63) is 174 Å². The Morgan fingerprint density at radius 3 is 1.21 bits per heavy atom. The molecule has 0 aromatic heterocycles. The summed E-state index contributed by atoms with van der Waals surface area (Å²) in [6.07, 6.45) is 0. The molecule has 0 aliphatic carbocycles. The Bertz CT molecular complexity index is 1860. The van der Waals surface area contributed by atoms with Gasteiger partial charge in [0.2, 0.25) is 0 Å². The highest BCUT2D eigenvalue weighted by molar-refractivity contribution is 9.10. The summed E-state index contributed by atoms with van der Waals surface area (Å²) in [4.78, 5) is 2.33. The molecule has 7 rings (SSSR count). The second kappa shape index (κ2) is 11.5. The fourth-order valence-electron chi connectivity index (χ4n) is 5.63. The minimum Gasteiger partial charge on any atom is -0.311 e.